The summed E-state index contributed by atoms with van der Waals surface area (Å²) in [6.45, 7) is 0.980. The van der Waals surface area contributed by atoms with Gasteiger partial charge >= 0.3 is 11.8 Å². The lowest BCUT2D eigenvalue weighted by Crippen LogP contribution is -2.41. The van der Waals surface area contributed by atoms with Crippen molar-refractivity contribution in [3.05, 3.63) is 47.5 Å². The molecule has 1 aliphatic carbocycles. The van der Waals surface area contributed by atoms with E-state index in [2.05, 4.69) is 11.4 Å². The molecule has 0 unspecified atom stereocenters. The first kappa shape index (κ1) is 16.3. The Hall–Kier alpha value is -2.10. The molecule has 118 valence electrons. The molecule has 1 aromatic carbocycles. The maximum Gasteiger partial charge on any atom is 0.311 e. The van der Waals surface area contributed by atoms with Crippen molar-refractivity contribution in [2.75, 3.05) is 13.6 Å². The third kappa shape index (κ3) is 5.02. The minimum absolute atomic E-state index is 0.443. The van der Waals surface area contributed by atoms with E-state index >= 15 is 0 Å². The van der Waals surface area contributed by atoms with E-state index in [1.165, 1.54) is 23.3 Å². The van der Waals surface area contributed by atoms with E-state index in [0.717, 1.165) is 24.8 Å². The van der Waals surface area contributed by atoms with Crippen molar-refractivity contribution < 1.29 is 9.59 Å². The summed E-state index contributed by atoms with van der Waals surface area (Å²) in [6, 6.07) is 9.66. The first-order valence-electron chi connectivity index (χ1n) is 7.92. The second kappa shape index (κ2) is 8.37. The van der Waals surface area contributed by atoms with Gasteiger partial charge in [-0.05, 0) is 37.7 Å². The van der Waals surface area contributed by atoms with Gasteiger partial charge in [-0.1, -0.05) is 42.0 Å². The van der Waals surface area contributed by atoms with Gasteiger partial charge in [0.2, 0.25) is 0 Å². The molecule has 0 radical (unpaired) electrons. The summed E-state index contributed by atoms with van der Waals surface area (Å²) in [6.07, 6.45) is 7.87. The molecule has 1 aliphatic rings. The smallest absolute Gasteiger partial charge is 0.311 e. The van der Waals surface area contributed by atoms with Crippen molar-refractivity contribution in [2.45, 2.75) is 38.6 Å². The highest BCUT2D eigenvalue weighted by molar-refractivity contribution is 6.34. The van der Waals surface area contributed by atoms with Gasteiger partial charge in [0.05, 0.1) is 0 Å². The zero-order chi connectivity index (χ0) is 15.8. The van der Waals surface area contributed by atoms with Crippen molar-refractivity contribution in [1.29, 1.82) is 0 Å². The van der Waals surface area contributed by atoms with E-state index in [-0.39, 0.29) is 0 Å². The Morgan fingerprint density at radius 3 is 2.64 bits per heavy atom. The number of carbonyl (C=O) groups excluding carboxylic acids is 2. The summed E-state index contributed by atoms with van der Waals surface area (Å²) in [4.78, 5) is 25.4. The zero-order valence-electron chi connectivity index (χ0n) is 13.2. The Morgan fingerprint density at radius 2 is 1.95 bits per heavy atom. The highest BCUT2D eigenvalue weighted by Gasteiger charge is 2.18. The van der Waals surface area contributed by atoms with Crippen LogP contribution in [-0.2, 0) is 16.1 Å². The molecule has 4 nitrogen and oxygen atoms in total. The Labute approximate surface area is 132 Å². The number of benzene rings is 1. The van der Waals surface area contributed by atoms with Crippen LogP contribution in [0.25, 0.3) is 0 Å². The van der Waals surface area contributed by atoms with Crippen molar-refractivity contribution >= 4 is 11.8 Å². The lowest BCUT2D eigenvalue weighted by molar-refractivity contribution is -0.145. The molecule has 1 aromatic rings. The Kier molecular flexibility index (Phi) is 6.19. The standard InChI is InChI=1S/C18H24N2O2/c1-20(14-16-10-6-3-7-11-16)18(22)17(21)19-13-12-15-8-4-2-5-9-15/h3,6-8,10-11H,2,4-5,9,12-14H2,1H3,(H,19,21). The summed E-state index contributed by atoms with van der Waals surface area (Å²) in [7, 11) is 1.65. The van der Waals surface area contributed by atoms with Crippen molar-refractivity contribution in [3.63, 3.8) is 0 Å². The van der Waals surface area contributed by atoms with Crippen LogP contribution in [0, 0.1) is 0 Å². The molecule has 0 heterocycles. The molecule has 2 amide bonds. The number of likely N-dealkylation sites (N-methyl/N-ethyl adjacent to an activating group) is 1. The number of carbonyl (C=O) groups is 2. The van der Waals surface area contributed by atoms with Crippen LogP contribution in [0.15, 0.2) is 42.0 Å². The molecule has 0 bridgehead atoms. The predicted molar refractivity (Wildman–Crippen MR) is 87.1 cm³/mol. The molecule has 0 fully saturated rings. The lowest BCUT2D eigenvalue weighted by atomic mass is 9.97. The molecule has 0 aliphatic heterocycles. The Bertz CT molecular complexity index is 537. The van der Waals surface area contributed by atoms with Crippen LogP contribution in [0.3, 0.4) is 0 Å². The van der Waals surface area contributed by atoms with Crippen LogP contribution >= 0.6 is 0 Å². The highest BCUT2D eigenvalue weighted by atomic mass is 16.2. The van der Waals surface area contributed by atoms with E-state index in [0.29, 0.717) is 13.1 Å². The third-order valence-electron chi connectivity index (χ3n) is 3.92. The van der Waals surface area contributed by atoms with Crippen molar-refractivity contribution in [2.24, 2.45) is 0 Å². The largest absolute Gasteiger partial charge is 0.348 e. The van der Waals surface area contributed by atoms with E-state index in [4.69, 9.17) is 0 Å². The summed E-state index contributed by atoms with van der Waals surface area (Å²) in [5.41, 5.74) is 2.41. The molecule has 4 heteroatoms. The molecule has 1 N–H and O–H groups in total. The minimum atomic E-state index is -0.519. The number of rotatable bonds is 5. The van der Waals surface area contributed by atoms with Gasteiger partial charge < -0.3 is 10.2 Å². The van der Waals surface area contributed by atoms with E-state index in [1.54, 1.807) is 7.05 Å². The van der Waals surface area contributed by atoms with Gasteiger partial charge in [-0.3, -0.25) is 9.59 Å². The zero-order valence-corrected chi connectivity index (χ0v) is 13.2. The topological polar surface area (TPSA) is 49.4 Å². The van der Waals surface area contributed by atoms with Gasteiger partial charge in [-0.25, -0.2) is 0 Å². The second-order valence-corrected chi connectivity index (χ2v) is 5.76. The molecule has 0 saturated heterocycles. The summed E-state index contributed by atoms with van der Waals surface area (Å²) >= 11 is 0. The molecular formula is C18H24N2O2. The number of hydrogen-bond acceptors (Lipinski definition) is 2. The minimum Gasteiger partial charge on any atom is -0.348 e. The number of allylic oxidation sites excluding steroid dienone is 1. The molecular weight excluding hydrogens is 276 g/mol. The first-order valence-corrected chi connectivity index (χ1v) is 7.92. The number of nitrogens with zero attached hydrogens (tertiary/aromatic N) is 1. The molecule has 0 saturated carbocycles. The summed E-state index contributed by atoms with van der Waals surface area (Å²) < 4.78 is 0. The summed E-state index contributed by atoms with van der Waals surface area (Å²) in [5.74, 6) is -1.00. The molecule has 22 heavy (non-hydrogen) atoms. The van der Waals surface area contributed by atoms with Crippen LogP contribution in [0.4, 0.5) is 0 Å². The van der Waals surface area contributed by atoms with Gasteiger partial charge in [0.25, 0.3) is 0 Å². The summed E-state index contributed by atoms with van der Waals surface area (Å²) in [5, 5.41) is 2.73. The fourth-order valence-electron chi connectivity index (χ4n) is 2.65. The van der Waals surface area contributed by atoms with Crippen molar-refractivity contribution in [3.8, 4) is 0 Å². The Balaban J connectivity index is 1.74. The monoisotopic (exact) mass is 300 g/mol. The van der Waals surface area contributed by atoms with Crippen LogP contribution in [0.2, 0.25) is 0 Å². The fourth-order valence-corrected chi connectivity index (χ4v) is 2.65. The SMILES string of the molecule is CN(Cc1ccccc1)C(=O)C(=O)NCCC1=CCCCC1. The van der Waals surface area contributed by atoms with Gasteiger partial charge in [-0.15, -0.1) is 0 Å². The van der Waals surface area contributed by atoms with Gasteiger partial charge in [-0.2, -0.15) is 0 Å². The highest BCUT2D eigenvalue weighted by Crippen LogP contribution is 2.19. The quantitative estimate of drug-likeness (QED) is 0.671. The third-order valence-corrected chi connectivity index (χ3v) is 3.92. The van der Waals surface area contributed by atoms with E-state index < -0.39 is 11.8 Å². The molecule has 2 rings (SSSR count). The van der Waals surface area contributed by atoms with Crippen LogP contribution in [-0.4, -0.2) is 30.3 Å². The van der Waals surface area contributed by atoms with Crippen molar-refractivity contribution in [1.82, 2.24) is 10.2 Å². The average molecular weight is 300 g/mol. The average Bonchev–Trinajstić information content (AvgIpc) is 2.56. The predicted octanol–water partition coefficient (Wildman–Crippen LogP) is 2.65. The van der Waals surface area contributed by atoms with Crippen LogP contribution in [0.5, 0.6) is 0 Å². The number of amides is 2. The Morgan fingerprint density at radius 1 is 1.18 bits per heavy atom. The number of hydrogen-bond donors (Lipinski definition) is 1. The molecule has 0 spiro atoms. The second-order valence-electron chi connectivity index (χ2n) is 5.76. The lowest BCUT2D eigenvalue weighted by Gasteiger charge is -2.17. The maximum atomic E-state index is 12.0. The van der Waals surface area contributed by atoms with Crippen LogP contribution in [0.1, 0.15) is 37.7 Å². The number of nitrogens with one attached hydrogen (secondary N) is 1. The molecule has 0 aromatic heterocycles. The molecule has 0 atom stereocenters. The normalized spacial score (nSPS) is 14.1. The fraction of sp³-hybridized carbons (Fsp3) is 0.444. The first-order chi connectivity index (χ1) is 10.7. The van der Waals surface area contributed by atoms with E-state index in [1.807, 2.05) is 30.3 Å². The maximum absolute atomic E-state index is 12.0. The van der Waals surface area contributed by atoms with Gasteiger partial charge in [0, 0.05) is 20.1 Å². The van der Waals surface area contributed by atoms with E-state index in [9.17, 15) is 9.59 Å². The van der Waals surface area contributed by atoms with Crippen LogP contribution < -0.4 is 5.32 Å². The van der Waals surface area contributed by atoms with Gasteiger partial charge in [0.1, 0.15) is 0 Å². The van der Waals surface area contributed by atoms with Gasteiger partial charge in [0.15, 0.2) is 0 Å².